The number of fused-ring (bicyclic) bond motifs is 3. The number of aliphatic carboxylic acids is 1. The number of halogens is 1. The number of carbonyl (C=O) groups is 2. The maximum absolute atomic E-state index is 13.4. The zero-order valence-corrected chi connectivity index (χ0v) is 22.4. The van der Waals surface area contributed by atoms with Crippen molar-refractivity contribution in [1.82, 2.24) is 4.90 Å². The van der Waals surface area contributed by atoms with Gasteiger partial charge in [-0.15, -0.1) is 11.3 Å². The molecule has 1 N–H and O–H groups in total. The second-order valence-electron chi connectivity index (χ2n) is 9.03. The van der Waals surface area contributed by atoms with Gasteiger partial charge in [0.1, 0.15) is 11.4 Å². The Morgan fingerprint density at radius 1 is 1.03 bits per heavy atom. The van der Waals surface area contributed by atoms with Crippen molar-refractivity contribution in [2.45, 2.75) is 23.5 Å². The zero-order valence-electron chi connectivity index (χ0n) is 19.2. The summed E-state index contributed by atoms with van der Waals surface area (Å²) in [6, 6.07) is 19.4. The van der Waals surface area contributed by atoms with Gasteiger partial charge in [-0.2, -0.15) is 0 Å². The minimum Gasteiger partial charge on any atom is -0.481 e. The van der Waals surface area contributed by atoms with Gasteiger partial charge in [-0.3, -0.25) is 4.79 Å². The van der Waals surface area contributed by atoms with Crippen LogP contribution in [0.15, 0.2) is 64.5 Å². The summed E-state index contributed by atoms with van der Waals surface area (Å²) in [5.74, 6) is -1.63. The van der Waals surface area contributed by atoms with E-state index in [9.17, 15) is 23.1 Å². The fraction of sp³-hybridized carbons (Fsp3) is 0.308. The Bertz CT molecular complexity index is 1390. The molecular formula is C26H24BrNO6S2. The molecule has 2 heterocycles. The van der Waals surface area contributed by atoms with E-state index in [2.05, 4.69) is 28.1 Å². The molecule has 0 unspecified atom stereocenters. The van der Waals surface area contributed by atoms with E-state index in [0.717, 1.165) is 26.0 Å². The highest BCUT2D eigenvalue weighted by molar-refractivity contribution is 9.11. The van der Waals surface area contributed by atoms with Crippen molar-refractivity contribution in [3.8, 4) is 11.1 Å². The summed E-state index contributed by atoms with van der Waals surface area (Å²) in [6.45, 7) is 0.167. The average Bonchev–Trinajstić information content (AvgIpc) is 3.39. The lowest BCUT2D eigenvalue weighted by Crippen LogP contribution is -2.39. The molecule has 0 saturated carbocycles. The van der Waals surface area contributed by atoms with Crippen LogP contribution < -0.4 is 0 Å². The van der Waals surface area contributed by atoms with Crippen molar-refractivity contribution in [2.75, 3.05) is 25.4 Å². The first-order chi connectivity index (χ1) is 17.2. The van der Waals surface area contributed by atoms with Gasteiger partial charge in [0.2, 0.25) is 0 Å². The lowest BCUT2D eigenvalue weighted by molar-refractivity contribution is -0.137. The normalized spacial score (nSPS) is 20.9. The zero-order chi connectivity index (χ0) is 25.5. The summed E-state index contributed by atoms with van der Waals surface area (Å²) in [5.41, 5.74) is 4.42. The Morgan fingerprint density at radius 3 is 2.25 bits per heavy atom. The molecule has 36 heavy (non-hydrogen) atoms. The number of ether oxygens (including phenoxy) is 1. The Kier molecular flexibility index (Phi) is 6.69. The predicted octanol–water partition coefficient (Wildman–Crippen LogP) is 5.25. The number of hydrogen-bond donors (Lipinski definition) is 1. The SMILES string of the molecule is O=C(O)C[C@]1(c2ccc(Br)s2)CCN(C(=O)OCC2c3ccccc3-c3ccccc32)CCS1(=O)=O. The van der Waals surface area contributed by atoms with Crippen LogP contribution in [0.5, 0.6) is 0 Å². The maximum atomic E-state index is 13.4. The van der Waals surface area contributed by atoms with E-state index in [1.807, 2.05) is 36.4 Å². The lowest BCUT2D eigenvalue weighted by atomic mass is 9.97. The molecule has 1 aliphatic heterocycles. The van der Waals surface area contributed by atoms with Crippen molar-refractivity contribution < 1.29 is 27.9 Å². The predicted molar refractivity (Wildman–Crippen MR) is 141 cm³/mol. The first-order valence-electron chi connectivity index (χ1n) is 11.5. The van der Waals surface area contributed by atoms with Crippen LogP contribution in [-0.2, 0) is 24.1 Å². The number of amides is 1. The third kappa shape index (κ3) is 4.35. The fourth-order valence-electron chi connectivity index (χ4n) is 5.24. The van der Waals surface area contributed by atoms with Gasteiger partial charge in [0.25, 0.3) is 0 Å². The summed E-state index contributed by atoms with van der Waals surface area (Å²) in [6.07, 6.45) is -1.16. The first-order valence-corrected chi connectivity index (χ1v) is 14.8. The van der Waals surface area contributed by atoms with Crippen LogP contribution in [0, 0.1) is 0 Å². The number of carbonyl (C=O) groups excluding carboxylic acids is 1. The number of benzene rings is 2. The van der Waals surface area contributed by atoms with Crippen LogP contribution >= 0.6 is 27.3 Å². The van der Waals surface area contributed by atoms with Gasteiger partial charge >= 0.3 is 12.1 Å². The molecular weight excluding hydrogens is 566 g/mol. The van der Waals surface area contributed by atoms with Gasteiger partial charge in [-0.25, -0.2) is 13.2 Å². The summed E-state index contributed by atoms with van der Waals surface area (Å²) in [5, 5.41) is 9.59. The molecule has 188 valence electrons. The van der Waals surface area contributed by atoms with E-state index in [1.54, 1.807) is 12.1 Å². The van der Waals surface area contributed by atoms with Crippen LogP contribution in [0.3, 0.4) is 0 Å². The highest BCUT2D eigenvalue weighted by Gasteiger charge is 2.50. The number of hydrogen-bond acceptors (Lipinski definition) is 6. The Hall–Kier alpha value is -2.69. The molecule has 1 aliphatic carbocycles. The van der Waals surface area contributed by atoms with Crippen molar-refractivity contribution in [1.29, 1.82) is 0 Å². The van der Waals surface area contributed by atoms with Gasteiger partial charge in [0, 0.05) is 23.9 Å². The van der Waals surface area contributed by atoms with E-state index in [4.69, 9.17) is 4.74 Å². The van der Waals surface area contributed by atoms with Crippen molar-refractivity contribution >= 4 is 49.2 Å². The molecule has 1 aromatic heterocycles. The highest BCUT2D eigenvalue weighted by atomic mass is 79.9. The largest absolute Gasteiger partial charge is 0.481 e. The molecule has 0 spiro atoms. The van der Waals surface area contributed by atoms with Gasteiger partial charge < -0.3 is 14.7 Å². The second kappa shape index (κ2) is 9.64. The van der Waals surface area contributed by atoms with E-state index < -0.39 is 33.1 Å². The Labute approximate surface area is 221 Å². The van der Waals surface area contributed by atoms with E-state index in [1.165, 1.54) is 16.2 Å². The van der Waals surface area contributed by atoms with Crippen LogP contribution in [-0.4, -0.2) is 55.9 Å². The number of nitrogens with zero attached hydrogens (tertiary/aromatic N) is 1. The summed E-state index contributed by atoms with van der Waals surface area (Å²) >= 11 is 4.56. The molecule has 7 nitrogen and oxygen atoms in total. The van der Waals surface area contributed by atoms with Crippen molar-refractivity contribution in [2.24, 2.45) is 0 Å². The summed E-state index contributed by atoms with van der Waals surface area (Å²) in [4.78, 5) is 26.7. The second-order valence-corrected chi connectivity index (χ2v) is 13.9. The quantitative estimate of drug-likeness (QED) is 0.436. The average molecular weight is 591 g/mol. The topological polar surface area (TPSA) is 101 Å². The van der Waals surface area contributed by atoms with Crippen LogP contribution in [0.2, 0.25) is 0 Å². The first kappa shape index (κ1) is 25.0. The van der Waals surface area contributed by atoms with Crippen LogP contribution in [0.4, 0.5) is 4.79 Å². The standard InChI is InChI=1S/C26H24BrNO6S2/c27-23-10-9-22(35-23)26(15-24(29)30)11-12-28(13-14-36(26,32)33)25(31)34-16-21-19-7-3-1-5-17(19)18-6-2-4-8-20(18)21/h1-10,21H,11-16H2,(H,29,30)/t26-/m0/s1. The van der Waals surface area contributed by atoms with Crippen LogP contribution in [0.1, 0.15) is 34.8 Å². The van der Waals surface area contributed by atoms with Crippen molar-refractivity contribution in [3.63, 3.8) is 0 Å². The van der Waals surface area contributed by atoms with Gasteiger partial charge in [0.05, 0.1) is 16.0 Å². The smallest absolute Gasteiger partial charge is 0.409 e. The molecule has 5 rings (SSSR count). The van der Waals surface area contributed by atoms with Crippen LogP contribution in [0.25, 0.3) is 11.1 Å². The minimum atomic E-state index is -3.87. The number of carboxylic acid groups (broad SMARTS) is 1. The molecule has 1 atom stereocenters. The summed E-state index contributed by atoms with van der Waals surface area (Å²) < 4.78 is 31.7. The molecule has 2 aliphatic rings. The Balaban J connectivity index is 1.35. The number of sulfone groups is 1. The third-order valence-corrected chi connectivity index (χ3v) is 11.5. The Morgan fingerprint density at radius 2 is 1.67 bits per heavy atom. The molecule has 1 fully saturated rings. The maximum Gasteiger partial charge on any atom is 0.409 e. The van der Waals surface area contributed by atoms with E-state index in [-0.39, 0.29) is 37.8 Å². The minimum absolute atomic E-state index is 0.0151. The molecule has 2 aromatic carbocycles. The fourth-order valence-corrected chi connectivity index (χ4v) is 9.22. The molecule has 3 aromatic rings. The molecule has 1 saturated heterocycles. The monoisotopic (exact) mass is 589 g/mol. The number of carboxylic acids is 1. The molecule has 0 bridgehead atoms. The van der Waals surface area contributed by atoms with Crippen molar-refractivity contribution in [3.05, 3.63) is 80.5 Å². The van der Waals surface area contributed by atoms with E-state index in [0.29, 0.717) is 4.88 Å². The number of thiophene rings is 1. The molecule has 10 heteroatoms. The summed E-state index contributed by atoms with van der Waals surface area (Å²) in [7, 11) is -3.87. The third-order valence-electron chi connectivity index (χ3n) is 7.06. The van der Waals surface area contributed by atoms with Gasteiger partial charge in [0.15, 0.2) is 9.84 Å². The number of rotatable bonds is 5. The lowest BCUT2D eigenvalue weighted by Gasteiger charge is -2.29. The molecule has 1 amide bonds. The van der Waals surface area contributed by atoms with Gasteiger partial charge in [-0.05, 0) is 56.7 Å². The highest BCUT2D eigenvalue weighted by Crippen LogP contribution is 2.46. The molecule has 0 radical (unpaired) electrons. The van der Waals surface area contributed by atoms with Gasteiger partial charge in [-0.1, -0.05) is 48.5 Å². The van der Waals surface area contributed by atoms with E-state index >= 15 is 0 Å².